The molecule has 196 valence electrons. The maximum absolute atomic E-state index is 13.3. The number of ether oxygens (including phenoxy) is 2. The second-order valence-electron chi connectivity index (χ2n) is 8.98. The summed E-state index contributed by atoms with van der Waals surface area (Å²) in [5, 5.41) is 11.9. The summed E-state index contributed by atoms with van der Waals surface area (Å²) in [6.07, 6.45) is 0. The molecule has 0 aliphatic carbocycles. The summed E-state index contributed by atoms with van der Waals surface area (Å²) in [5.74, 6) is -2.18. The van der Waals surface area contributed by atoms with Crippen LogP contribution < -0.4 is 0 Å². The van der Waals surface area contributed by atoms with Crippen molar-refractivity contribution in [3.8, 4) is 0 Å². The molecule has 0 N–H and O–H groups in total. The van der Waals surface area contributed by atoms with Gasteiger partial charge in [0.05, 0.1) is 35.2 Å². The molecule has 1 aromatic carbocycles. The zero-order chi connectivity index (χ0) is 26.4. The molecule has 2 heterocycles. The van der Waals surface area contributed by atoms with Crippen molar-refractivity contribution >= 4 is 17.6 Å². The molecule has 2 aliphatic rings. The number of likely N-dealkylation sites (N-methyl/N-ethyl adjacent to an activating group) is 1. The first-order valence-electron chi connectivity index (χ1n) is 12.4. The lowest BCUT2D eigenvalue weighted by Gasteiger charge is -2.39. The number of allylic oxidation sites excluding steroid dienone is 2. The van der Waals surface area contributed by atoms with Gasteiger partial charge in [-0.1, -0.05) is 18.2 Å². The number of nitro benzene ring substituents is 1. The van der Waals surface area contributed by atoms with Gasteiger partial charge in [-0.25, -0.2) is 9.59 Å². The van der Waals surface area contributed by atoms with Crippen LogP contribution in [-0.2, 0) is 19.1 Å². The maximum atomic E-state index is 13.3. The second-order valence-corrected chi connectivity index (χ2v) is 8.98. The highest BCUT2D eigenvalue weighted by atomic mass is 16.6. The molecule has 0 amide bonds. The normalized spacial score (nSPS) is 18.0. The van der Waals surface area contributed by atoms with E-state index in [-0.39, 0.29) is 35.6 Å². The molecule has 0 atom stereocenters. The van der Waals surface area contributed by atoms with E-state index >= 15 is 0 Å². The molecule has 0 radical (unpaired) electrons. The summed E-state index contributed by atoms with van der Waals surface area (Å²) >= 11 is 0. The molecular formula is C26H36N4O6. The highest BCUT2D eigenvalue weighted by Crippen LogP contribution is 2.45. The molecular weight excluding hydrogens is 464 g/mol. The second kappa shape index (κ2) is 12.1. The first-order valence-corrected chi connectivity index (χ1v) is 12.4. The Kier molecular flexibility index (Phi) is 9.22. The average molecular weight is 501 g/mol. The number of piperazine rings is 1. The van der Waals surface area contributed by atoms with Crippen LogP contribution in [0.3, 0.4) is 0 Å². The molecule has 10 nitrogen and oxygen atoms in total. The lowest BCUT2D eigenvalue weighted by molar-refractivity contribution is -0.385. The number of nitrogens with zero attached hydrogens (tertiary/aromatic N) is 4. The Hall–Kier alpha value is -3.24. The zero-order valence-electron chi connectivity index (χ0n) is 21.8. The fourth-order valence-corrected chi connectivity index (χ4v) is 4.91. The summed E-state index contributed by atoms with van der Waals surface area (Å²) in [5.41, 5.74) is 1.77. The fourth-order valence-electron chi connectivity index (χ4n) is 4.91. The third-order valence-corrected chi connectivity index (χ3v) is 6.84. The Morgan fingerprint density at radius 3 is 1.97 bits per heavy atom. The first kappa shape index (κ1) is 27.3. The molecule has 1 fully saturated rings. The lowest BCUT2D eigenvalue weighted by Crippen LogP contribution is -2.47. The van der Waals surface area contributed by atoms with Gasteiger partial charge in [0.25, 0.3) is 5.69 Å². The average Bonchev–Trinajstić information content (AvgIpc) is 2.84. The first-order chi connectivity index (χ1) is 17.2. The predicted molar refractivity (Wildman–Crippen MR) is 135 cm³/mol. The lowest BCUT2D eigenvalue weighted by atomic mass is 9.79. The topological polar surface area (TPSA) is 105 Å². The van der Waals surface area contributed by atoms with Gasteiger partial charge in [-0.2, -0.15) is 0 Å². The van der Waals surface area contributed by atoms with E-state index in [0.717, 1.165) is 32.7 Å². The van der Waals surface area contributed by atoms with Gasteiger partial charge >= 0.3 is 11.9 Å². The quantitative estimate of drug-likeness (QED) is 0.287. The van der Waals surface area contributed by atoms with Crippen LogP contribution in [-0.4, -0.2) is 91.1 Å². The minimum absolute atomic E-state index is 0.137. The minimum atomic E-state index is -0.982. The van der Waals surface area contributed by atoms with E-state index in [0.29, 0.717) is 17.9 Å². The van der Waals surface area contributed by atoms with Gasteiger partial charge in [0.1, 0.15) is 0 Å². The SMILES string of the molecule is CCOC(=O)C1=C(C)N(CCN2CCN(C)CC2)C(C)=C(C(=O)OCC)C1c1ccccc1[N+](=O)[O-]. The molecule has 10 heteroatoms. The van der Waals surface area contributed by atoms with Gasteiger partial charge in [0.2, 0.25) is 0 Å². The molecule has 0 unspecified atom stereocenters. The largest absolute Gasteiger partial charge is 0.463 e. The predicted octanol–water partition coefficient (Wildman–Crippen LogP) is 2.92. The molecule has 0 bridgehead atoms. The summed E-state index contributed by atoms with van der Waals surface area (Å²) < 4.78 is 10.8. The summed E-state index contributed by atoms with van der Waals surface area (Å²) in [6, 6.07) is 6.19. The van der Waals surface area contributed by atoms with Crippen molar-refractivity contribution < 1.29 is 24.0 Å². The molecule has 36 heavy (non-hydrogen) atoms. The van der Waals surface area contributed by atoms with Crippen LogP contribution in [0.15, 0.2) is 46.8 Å². The molecule has 1 saturated heterocycles. The van der Waals surface area contributed by atoms with Crippen molar-refractivity contribution in [2.45, 2.75) is 33.6 Å². The monoisotopic (exact) mass is 500 g/mol. The molecule has 1 aromatic rings. The van der Waals surface area contributed by atoms with Gasteiger partial charge in [0.15, 0.2) is 0 Å². The Bertz CT molecular complexity index is 1020. The summed E-state index contributed by atoms with van der Waals surface area (Å²) in [4.78, 5) is 44.7. The van der Waals surface area contributed by atoms with Gasteiger partial charge in [0, 0.05) is 62.3 Å². The van der Waals surface area contributed by atoms with E-state index < -0.39 is 22.8 Å². The van der Waals surface area contributed by atoms with Gasteiger partial charge in [-0.05, 0) is 34.7 Å². The number of hydrogen-bond donors (Lipinski definition) is 0. The van der Waals surface area contributed by atoms with Crippen LogP contribution in [0.2, 0.25) is 0 Å². The Labute approximate surface area is 212 Å². The van der Waals surface area contributed by atoms with Gasteiger partial charge < -0.3 is 19.3 Å². The molecule has 0 spiro atoms. The van der Waals surface area contributed by atoms with Crippen LogP contribution in [0.25, 0.3) is 0 Å². The van der Waals surface area contributed by atoms with Crippen molar-refractivity contribution in [2.24, 2.45) is 0 Å². The van der Waals surface area contributed by atoms with Crippen molar-refractivity contribution in [1.82, 2.24) is 14.7 Å². The van der Waals surface area contributed by atoms with E-state index in [4.69, 9.17) is 9.47 Å². The number of nitro groups is 1. The summed E-state index contributed by atoms with van der Waals surface area (Å²) in [6.45, 7) is 12.4. The van der Waals surface area contributed by atoms with Crippen LogP contribution in [0.1, 0.15) is 39.2 Å². The van der Waals surface area contributed by atoms with E-state index in [1.165, 1.54) is 6.07 Å². The van der Waals surface area contributed by atoms with Crippen molar-refractivity contribution in [3.63, 3.8) is 0 Å². The van der Waals surface area contributed by atoms with E-state index in [9.17, 15) is 19.7 Å². The fraction of sp³-hybridized carbons (Fsp3) is 0.538. The van der Waals surface area contributed by atoms with E-state index in [1.54, 1.807) is 32.0 Å². The Balaban J connectivity index is 2.13. The number of para-hydroxylation sites is 1. The van der Waals surface area contributed by atoms with Crippen molar-refractivity contribution in [1.29, 1.82) is 0 Å². The minimum Gasteiger partial charge on any atom is -0.463 e. The number of carbonyl (C=O) groups is 2. The van der Waals surface area contributed by atoms with Crippen LogP contribution in [0.4, 0.5) is 5.69 Å². The molecule has 2 aliphatic heterocycles. The van der Waals surface area contributed by atoms with Crippen LogP contribution in [0.5, 0.6) is 0 Å². The van der Waals surface area contributed by atoms with E-state index in [2.05, 4.69) is 16.8 Å². The molecule has 0 aromatic heterocycles. The standard InChI is InChI=1S/C26H36N4O6/c1-6-35-25(31)22-18(3)29(17-16-28-14-12-27(5)13-15-28)19(4)23(26(32)36-7-2)24(22)20-10-8-9-11-21(20)30(33)34/h8-11,24H,6-7,12-17H2,1-5H3. The van der Waals surface area contributed by atoms with Crippen LogP contribution >= 0.6 is 0 Å². The number of hydrogen-bond acceptors (Lipinski definition) is 9. The Morgan fingerprint density at radius 1 is 0.944 bits per heavy atom. The Morgan fingerprint density at radius 2 is 1.47 bits per heavy atom. The zero-order valence-corrected chi connectivity index (χ0v) is 21.8. The van der Waals surface area contributed by atoms with Gasteiger partial charge in [-0.15, -0.1) is 0 Å². The van der Waals surface area contributed by atoms with Gasteiger partial charge in [-0.3, -0.25) is 15.0 Å². The summed E-state index contributed by atoms with van der Waals surface area (Å²) in [7, 11) is 2.10. The number of esters is 2. The molecule has 0 saturated carbocycles. The smallest absolute Gasteiger partial charge is 0.336 e. The highest BCUT2D eigenvalue weighted by molar-refractivity contribution is 6.00. The highest BCUT2D eigenvalue weighted by Gasteiger charge is 2.43. The molecule has 3 rings (SSSR count). The van der Waals surface area contributed by atoms with Crippen molar-refractivity contribution in [2.75, 3.05) is 59.5 Å². The number of carbonyl (C=O) groups excluding carboxylic acids is 2. The van der Waals surface area contributed by atoms with E-state index in [1.807, 2.05) is 18.7 Å². The third-order valence-electron chi connectivity index (χ3n) is 6.84. The number of benzene rings is 1. The number of rotatable bonds is 9. The van der Waals surface area contributed by atoms with Crippen LogP contribution in [0, 0.1) is 10.1 Å². The van der Waals surface area contributed by atoms with Crippen molar-refractivity contribution in [3.05, 3.63) is 62.5 Å². The maximum Gasteiger partial charge on any atom is 0.336 e. The third kappa shape index (κ3) is 5.76.